The molecule has 0 spiro atoms. The van der Waals surface area contributed by atoms with Crippen molar-refractivity contribution in [2.75, 3.05) is 7.11 Å². The molecule has 0 amide bonds. The van der Waals surface area contributed by atoms with Gasteiger partial charge in [-0.1, -0.05) is 24.6 Å². The Morgan fingerprint density at radius 3 is 2.46 bits per heavy atom. The Hall–Kier alpha value is -2.16. The number of hydrogen-bond donors (Lipinski definition) is 2. The first kappa shape index (κ1) is 22.1. The van der Waals surface area contributed by atoms with Crippen LogP contribution in [0.15, 0.2) is 35.2 Å². The number of halogens is 2. The SMILES string of the molecule is COc1cc(Cl)ccc1S(=O)(=O)NC(C(=O)O)C(C)c1c(F)ccc(C)c1C. The average Bonchev–Trinajstić information content (AvgIpc) is 2.62. The van der Waals surface area contributed by atoms with Gasteiger partial charge in [-0.05, 0) is 48.7 Å². The number of nitrogens with one attached hydrogen (secondary N) is 1. The molecular formula is C19H21ClFNO5S. The summed E-state index contributed by atoms with van der Waals surface area (Å²) >= 11 is 5.85. The van der Waals surface area contributed by atoms with Crippen LogP contribution in [0, 0.1) is 19.7 Å². The van der Waals surface area contributed by atoms with E-state index in [0.717, 1.165) is 5.56 Å². The van der Waals surface area contributed by atoms with E-state index in [9.17, 15) is 22.7 Å². The second-order valence-electron chi connectivity index (χ2n) is 6.42. The lowest BCUT2D eigenvalue weighted by Gasteiger charge is -2.24. The van der Waals surface area contributed by atoms with Crippen LogP contribution in [0.3, 0.4) is 0 Å². The maximum Gasteiger partial charge on any atom is 0.322 e. The summed E-state index contributed by atoms with van der Waals surface area (Å²) < 4.78 is 47.3. The Balaban J connectivity index is 2.49. The quantitative estimate of drug-likeness (QED) is 0.701. The minimum Gasteiger partial charge on any atom is -0.495 e. The Morgan fingerprint density at radius 1 is 1.25 bits per heavy atom. The van der Waals surface area contributed by atoms with Gasteiger partial charge < -0.3 is 9.84 Å². The zero-order valence-corrected chi connectivity index (χ0v) is 17.4. The van der Waals surface area contributed by atoms with E-state index in [0.29, 0.717) is 5.56 Å². The predicted octanol–water partition coefficient (Wildman–Crippen LogP) is 3.64. The summed E-state index contributed by atoms with van der Waals surface area (Å²) in [6, 6.07) is 5.09. The fourth-order valence-electron chi connectivity index (χ4n) is 2.99. The first-order valence-corrected chi connectivity index (χ1v) is 10.2. The maximum atomic E-state index is 14.4. The number of methoxy groups -OCH3 is 1. The normalized spacial score (nSPS) is 13.8. The molecule has 2 aromatic carbocycles. The summed E-state index contributed by atoms with van der Waals surface area (Å²) in [5.41, 5.74) is 1.50. The molecule has 2 unspecified atom stereocenters. The minimum absolute atomic E-state index is 0.0327. The fourth-order valence-corrected chi connectivity index (χ4v) is 4.57. The van der Waals surface area contributed by atoms with Gasteiger partial charge in [0.1, 0.15) is 22.5 Å². The van der Waals surface area contributed by atoms with Crippen molar-refractivity contribution in [2.24, 2.45) is 0 Å². The Labute approximate surface area is 168 Å². The molecule has 0 heterocycles. The molecule has 152 valence electrons. The molecule has 2 rings (SSSR count). The highest BCUT2D eigenvalue weighted by Gasteiger charge is 2.34. The topological polar surface area (TPSA) is 92.7 Å². The average molecular weight is 430 g/mol. The Morgan fingerprint density at radius 2 is 1.89 bits per heavy atom. The molecular weight excluding hydrogens is 409 g/mol. The van der Waals surface area contributed by atoms with Gasteiger partial charge in [0, 0.05) is 17.0 Å². The third kappa shape index (κ3) is 4.45. The number of carbonyl (C=O) groups is 1. The molecule has 28 heavy (non-hydrogen) atoms. The third-order valence-electron chi connectivity index (χ3n) is 4.65. The highest BCUT2D eigenvalue weighted by molar-refractivity contribution is 7.89. The fraction of sp³-hybridized carbons (Fsp3) is 0.316. The third-order valence-corrected chi connectivity index (χ3v) is 6.37. The van der Waals surface area contributed by atoms with E-state index in [2.05, 4.69) is 4.72 Å². The summed E-state index contributed by atoms with van der Waals surface area (Å²) in [5.74, 6) is -3.02. The second-order valence-corrected chi connectivity index (χ2v) is 8.54. The van der Waals surface area contributed by atoms with Gasteiger partial charge in [0.15, 0.2) is 0 Å². The first-order valence-electron chi connectivity index (χ1n) is 8.34. The van der Waals surface area contributed by atoms with Gasteiger partial charge in [-0.15, -0.1) is 0 Å². The highest BCUT2D eigenvalue weighted by Crippen LogP contribution is 2.31. The zero-order chi connectivity index (χ0) is 21.2. The summed E-state index contributed by atoms with van der Waals surface area (Å²) in [5, 5.41) is 9.90. The van der Waals surface area contributed by atoms with Gasteiger partial charge in [0.25, 0.3) is 0 Å². The van der Waals surface area contributed by atoms with Gasteiger partial charge in [0.2, 0.25) is 10.0 Å². The minimum atomic E-state index is -4.29. The van der Waals surface area contributed by atoms with Crippen LogP contribution < -0.4 is 9.46 Å². The molecule has 2 atom stereocenters. The van der Waals surface area contributed by atoms with E-state index in [4.69, 9.17) is 16.3 Å². The van der Waals surface area contributed by atoms with Crippen molar-refractivity contribution in [3.63, 3.8) is 0 Å². The Bertz CT molecular complexity index is 1010. The van der Waals surface area contributed by atoms with Crippen LogP contribution in [0.5, 0.6) is 5.75 Å². The monoisotopic (exact) mass is 429 g/mol. The molecule has 9 heteroatoms. The van der Waals surface area contributed by atoms with Crippen LogP contribution in [0.25, 0.3) is 0 Å². The number of aliphatic carboxylic acids is 1. The molecule has 2 N–H and O–H groups in total. The molecule has 0 fully saturated rings. The van der Waals surface area contributed by atoms with E-state index in [1.807, 2.05) is 0 Å². The van der Waals surface area contributed by atoms with Crippen LogP contribution in [0.2, 0.25) is 5.02 Å². The van der Waals surface area contributed by atoms with E-state index in [1.54, 1.807) is 19.9 Å². The molecule has 0 saturated heterocycles. The van der Waals surface area contributed by atoms with Crippen molar-refractivity contribution in [3.05, 3.63) is 57.9 Å². The van der Waals surface area contributed by atoms with E-state index < -0.39 is 33.8 Å². The molecule has 0 saturated carbocycles. The molecule has 0 aliphatic heterocycles. The van der Waals surface area contributed by atoms with Crippen molar-refractivity contribution >= 4 is 27.6 Å². The van der Waals surface area contributed by atoms with Crippen LogP contribution in [0.1, 0.15) is 29.5 Å². The smallest absolute Gasteiger partial charge is 0.322 e. The number of aryl methyl sites for hydroxylation is 1. The van der Waals surface area contributed by atoms with Gasteiger partial charge in [-0.25, -0.2) is 12.8 Å². The molecule has 0 bridgehead atoms. The molecule has 6 nitrogen and oxygen atoms in total. The van der Waals surface area contributed by atoms with Gasteiger partial charge >= 0.3 is 5.97 Å². The number of ether oxygens (including phenoxy) is 1. The number of carboxylic acids is 1. The molecule has 2 aromatic rings. The molecule has 0 aliphatic rings. The molecule has 0 aliphatic carbocycles. The van der Waals surface area contributed by atoms with E-state index in [-0.39, 0.29) is 21.2 Å². The van der Waals surface area contributed by atoms with Crippen LogP contribution in [0.4, 0.5) is 4.39 Å². The van der Waals surface area contributed by atoms with Gasteiger partial charge in [0.05, 0.1) is 7.11 Å². The summed E-state index contributed by atoms with van der Waals surface area (Å²) in [4.78, 5) is 11.6. The lowest BCUT2D eigenvalue weighted by molar-refractivity contribution is -0.139. The summed E-state index contributed by atoms with van der Waals surface area (Å²) in [6.07, 6.45) is 0. The number of hydrogen-bond acceptors (Lipinski definition) is 4. The first-order chi connectivity index (χ1) is 13.0. The van der Waals surface area contributed by atoms with Crippen molar-refractivity contribution in [1.82, 2.24) is 4.72 Å². The van der Waals surface area contributed by atoms with Crippen LogP contribution >= 0.6 is 11.6 Å². The maximum absolute atomic E-state index is 14.4. The Kier molecular flexibility index (Phi) is 6.69. The van der Waals surface area contributed by atoms with Gasteiger partial charge in [-0.3, -0.25) is 4.79 Å². The second kappa shape index (κ2) is 8.46. The van der Waals surface area contributed by atoms with E-state index >= 15 is 0 Å². The zero-order valence-electron chi connectivity index (χ0n) is 15.8. The standard InChI is InChI=1S/C19H21ClFNO5S/c1-10-5-7-14(21)17(11(10)2)12(3)18(19(23)24)22-28(25,26)16-8-6-13(20)9-15(16)27-4/h5-9,12,18,22H,1-4H3,(H,23,24). The van der Waals surface area contributed by atoms with Crippen molar-refractivity contribution in [1.29, 1.82) is 0 Å². The number of sulfonamides is 1. The highest BCUT2D eigenvalue weighted by atomic mass is 35.5. The molecule has 0 aromatic heterocycles. The van der Waals surface area contributed by atoms with Crippen LogP contribution in [-0.4, -0.2) is 32.6 Å². The number of rotatable bonds is 7. The van der Waals surface area contributed by atoms with E-state index in [1.165, 1.54) is 38.3 Å². The number of benzene rings is 2. The van der Waals surface area contributed by atoms with Crippen molar-refractivity contribution in [3.8, 4) is 5.75 Å². The lowest BCUT2D eigenvalue weighted by atomic mass is 9.88. The predicted molar refractivity (Wildman–Crippen MR) is 104 cm³/mol. The largest absolute Gasteiger partial charge is 0.495 e. The summed E-state index contributed by atoms with van der Waals surface area (Å²) in [7, 11) is -3.02. The van der Waals surface area contributed by atoms with Crippen molar-refractivity contribution in [2.45, 2.75) is 37.6 Å². The lowest BCUT2D eigenvalue weighted by Crippen LogP contribution is -2.44. The molecule has 0 radical (unpaired) electrons. The van der Waals surface area contributed by atoms with Crippen LogP contribution in [-0.2, 0) is 14.8 Å². The van der Waals surface area contributed by atoms with Gasteiger partial charge in [-0.2, -0.15) is 4.72 Å². The summed E-state index contributed by atoms with van der Waals surface area (Å²) in [6.45, 7) is 4.90. The van der Waals surface area contributed by atoms with Crippen molar-refractivity contribution < 1.29 is 27.4 Å². The number of carboxylic acid groups (broad SMARTS) is 1.